The van der Waals surface area contributed by atoms with Gasteiger partial charge in [-0.15, -0.1) is 0 Å². The molecule has 3 aromatic carbocycles. The van der Waals surface area contributed by atoms with Crippen molar-refractivity contribution in [3.05, 3.63) is 107 Å². The van der Waals surface area contributed by atoms with Gasteiger partial charge in [-0.25, -0.2) is 0 Å². The number of hydrogen-bond acceptors (Lipinski definition) is 6. The third-order valence-electron chi connectivity index (χ3n) is 6.67. The molecule has 0 fully saturated rings. The number of ether oxygens (including phenoxy) is 2. The Morgan fingerprint density at radius 3 is 2.12 bits per heavy atom. The third-order valence-corrected chi connectivity index (χ3v) is 6.67. The Kier molecular flexibility index (Phi) is 8.48. The van der Waals surface area contributed by atoms with E-state index < -0.39 is 0 Å². The van der Waals surface area contributed by atoms with Crippen LogP contribution in [0.5, 0.6) is 11.5 Å². The summed E-state index contributed by atoms with van der Waals surface area (Å²) in [6, 6.07) is 25.7. The van der Waals surface area contributed by atoms with Crippen LogP contribution in [0, 0.1) is 0 Å². The molecule has 1 N–H and O–H groups in total. The summed E-state index contributed by atoms with van der Waals surface area (Å²) in [7, 11) is 1.83. The van der Waals surface area contributed by atoms with E-state index in [1.807, 2.05) is 99.0 Å². The summed E-state index contributed by atoms with van der Waals surface area (Å²) in [4.78, 5) is 13.0. The summed E-state index contributed by atoms with van der Waals surface area (Å²) in [6.07, 6.45) is 1.82. The van der Waals surface area contributed by atoms with Crippen molar-refractivity contribution in [2.24, 2.45) is 7.05 Å². The highest BCUT2D eigenvalue weighted by atomic mass is 16.5. The van der Waals surface area contributed by atoms with Gasteiger partial charge in [-0.1, -0.05) is 79.7 Å². The smallest absolute Gasteiger partial charge is 0.274 e. The first-order valence-corrected chi connectivity index (χ1v) is 13.7. The van der Waals surface area contributed by atoms with Crippen LogP contribution < -0.4 is 14.8 Å². The molecule has 0 aliphatic rings. The molecule has 0 aliphatic carbocycles. The van der Waals surface area contributed by atoms with E-state index >= 15 is 0 Å². The molecule has 2 heterocycles. The van der Waals surface area contributed by atoms with Crippen molar-refractivity contribution in [1.29, 1.82) is 0 Å². The lowest BCUT2D eigenvalue weighted by Crippen LogP contribution is -2.23. The minimum atomic E-state index is -0.332. The molecule has 2 aromatic heterocycles. The van der Waals surface area contributed by atoms with Crippen molar-refractivity contribution in [3.63, 3.8) is 0 Å². The van der Waals surface area contributed by atoms with Gasteiger partial charge in [0, 0.05) is 25.9 Å². The molecule has 210 valence electrons. The largest absolute Gasteiger partial charge is 0.488 e. The van der Waals surface area contributed by atoms with E-state index in [9.17, 15) is 4.79 Å². The number of amides is 1. The van der Waals surface area contributed by atoms with Gasteiger partial charge in [-0.3, -0.25) is 9.48 Å². The number of hydrogen-bond donors (Lipinski definition) is 1. The monoisotopic (exact) mass is 550 g/mol. The topological polar surface area (TPSA) is 91.4 Å². The molecule has 0 saturated carbocycles. The molecule has 0 bridgehead atoms. The van der Waals surface area contributed by atoms with Gasteiger partial charge in [0.15, 0.2) is 11.5 Å². The van der Waals surface area contributed by atoms with Crippen LogP contribution in [0.15, 0.2) is 89.6 Å². The van der Waals surface area contributed by atoms with Crippen LogP contribution in [0.4, 0.5) is 0 Å². The van der Waals surface area contributed by atoms with Gasteiger partial charge in [0.25, 0.3) is 5.91 Å². The highest BCUT2D eigenvalue weighted by Gasteiger charge is 2.29. The van der Waals surface area contributed by atoms with Crippen LogP contribution in [0.3, 0.4) is 0 Å². The Morgan fingerprint density at radius 1 is 0.927 bits per heavy atom. The predicted octanol–water partition coefficient (Wildman–Crippen LogP) is 6.77. The van der Waals surface area contributed by atoms with Crippen molar-refractivity contribution >= 4 is 5.91 Å². The zero-order valence-electron chi connectivity index (χ0n) is 23.8. The fourth-order valence-corrected chi connectivity index (χ4v) is 4.58. The van der Waals surface area contributed by atoms with Crippen molar-refractivity contribution < 1.29 is 18.8 Å². The fraction of sp³-hybridized carbons (Fsp3) is 0.242. The summed E-state index contributed by atoms with van der Waals surface area (Å²) >= 11 is 0. The maximum atomic E-state index is 13.0. The SMILES string of the molecule is CCNC(=O)c1noc(-c2cc(C(C)C)c(OCc3ccccc3)cc2OCc2ccccc2)c1-c1ccn(C)n1. The van der Waals surface area contributed by atoms with Crippen LogP contribution in [0.2, 0.25) is 0 Å². The van der Waals surface area contributed by atoms with E-state index in [1.54, 1.807) is 4.68 Å². The van der Waals surface area contributed by atoms with E-state index in [4.69, 9.17) is 14.0 Å². The minimum Gasteiger partial charge on any atom is -0.488 e. The van der Waals surface area contributed by atoms with Crippen LogP contribution in [0.1, 0.15) is 53.9 Å². The molecule has 0 atom stereocenters. The number of nitrogens with zero attached hydrogens (tertiary/aromatic N) is 3. The van der Waals surface area contributed by atoms with Gasteiger partial charge in [-0.05, 0) is 41.7 Å². The van der Waals surface area contributed by atoms with Gasteiger partial charge in [0.2, 0.25) is 0 Å². The lowest BCUT2D eigenvalue weighted by Gasteiger charge is -2.19. The second-order valence-electron chi connectivity index (χ2n) is 10.1. The zero-order valence-corrected chi connectivity index (χ0v) is 23.8. The van der Waals surface area contributed by atoms with Gasteiger partial charge < -0.3 is 19.3 Å². The Hall–Kier alpha value is -4.85. The quantitative estimate of drug-likeness (QED) is 0.195. The number of aryl methyl sites for hydroxylation is 1. The summed E-state index contributed by atoms with van der Waals surface area (Å²) in [5.74, 6) is 1.48. The molecular formula is C33H34N4O4. The summed E-state index contributed by atoms with van der Waals surface area (Å²) < 4.78 is 20.4. The van der Waals surface area contributed by atoms with E-state index in [0.29, 0.717) is 48.1 Å². The lowest BCUT2D eigenvalue weighted by molar-refractivity contribution is 0.0947. The van der Waals surface area contributed by atoms with Crippen molar-refractivity contribution in [2.45, 2.75) is 39.9 Å². The van der Waals surface area contributed by atoms with Crippen molar-refractivity contribution in [3.8, 4) is 34.1 Å². The zero-order chi connectivity index (χ0) is 28.8. The van der Waals surface area contributed by atoms with Gasteiger partial charge in [0.1, 0.15) is 24.7 Å². The van der Waals surface area contributed by atoms with Crippen LogP contribution in [-0.4, -0.2) is 27.4 Å². The van der Waals surface area contributed by atoms with Crippen molar-refractivity contribution in [2.75, 3.05) is 6.54 Å². The molecule has 5 aromatic rings. The molecule has 5 rings (SSSR count). The van der Waals surface area contributed by atoms with Crippen LogP contribution in [-0.2, 0) is 20.3 Å². The molecule has 8 nitrogen and oxygen atoms in total. The standard InChI is InChI=1S/C33H34N4O4/c1-5-34-33(38)31-30(27-16-17-37(4)35-27)32(41-36-31)26-18-25(22(2)3)28(39-20-23-12-8-6-9-13-23)19-29(26)40-21-24-14-10-7-11-15-24/h6-19,22H,5,20-21H2,1-4H3,(H,34,38). The maximum absolute atomic E-state index is 13.0. The number of benzene rings is 3. The third kappa shape index (κ3) is 6.32. The van der Waals surface area contributed by atoms with Gasteiger partial charge in [-0.2, -0.15) is 5.10 Å². The summed E-state index contributed by atoms with van der Waals surface area (Å²) in [5, 5.41) is 11.6. The van der Waals surface area contributed by atoms with Crippen molar-refractivity contribution in [1.82, 2.24) is 20.3 Å². The van der Waals surface area contributed by atoms with E-state index in [-0.39, 0.29) is 17.5 Å². The molecule has 0 radical (unpaired) electrons. The predicted molar refractivity (Wildman–Crippen MR) is 158 cm³/mol. The molecule has 0 saturated heterocycles. The first-order valence-electron chi connectivity index (χ1n) is 13.7. The average molecular weight is 551 g/mol. The number of aromatic nitrogens is 3. The second-order valence-corrected chi connectivity index (χ2v) is 10.1. The molecule has 41 heavy (non-hydrogen) atoms. The first kappa shape index (κ1) is 27.7. The molecular weight excluding hydrogens is 516 g/mol. The van der Waals surface area contributed by atoms with Crippen LogP contribution >= 0.6 is 0 Å². The number of nitrogens with one attached hydrogen (secondary N) is 1. The van der Waals surface area contributed by atoms with E-state index in [2.05, 4.69) is 29.4 Å². The Morgan fingerprint density at radius 2 is 1.56 bits per heavy atom. The average Bonchev–Trinajstić information content (AvgIpc) is 3.62. The lowest BCUT2D eigenvalue weighted by atomic mass is 9.95. The summed E-state index contributed by atoms with van der Waals surface area (Å²) in [6.45, 7) is 7.29. The highest BCUT2D eigenvalue weighted by Crippen LogP contribution is 2.44. The van der Waals surface area contributed by atoms with Gasteiger partial charge in [0.05, 0.1) is 16.8 Å². The maximum Gasteiger partial charge on any atom is 0.274 e. The van der Waals surface area contributed by atoms with E-state index in [1.165, 1.54) is 0 Å². The molecule has 8 heteroatoms. The number of carbonyl (C=O) groups is 1. The Bertz CT molecular complexity index is 1610. The Balaban J connectivity index is 1.64. The minimum absolute atomic E-state index is 0.131. The molecule has 1 amide bonds. The number of rotatable bonds is 11. The highest BCUT2D eigenvalue weighted by molar-refractivity contribution is 6.02. The first-order chi connectivity index (χ1) is 19.9. The van der Waals surface area contributed by atoms with E-state index in [0.717, 1.165) is 22.4 Å². The fourth-order valence-electron chi connectivity index (χ4n) is 4.58. The second kappa shape index (κ2) is 12.6. The van der Waals surface area contributed by atoms with Crippen LogP contribution in [0.25, 0.3) is 22.6 Å². The molecule has 0 spiro atoms. The Labute approximate surface area is 239 Å². The summed E-state index contributed by atoms with van der Waals surface area (Å²) in [5.41, 5.74) is 4.99. The number of carbonyl (C=O) groups excluding carboxylic acids is 1. The molecule has 0 unspecified atom stereocenters. The van der Waals surface area contributed by atoms with Gasteiger partial charge >= 0.3 is 0 Å². The molecule has 0 aliphatic heterocycles. The normalized spacial score (nSPS) is 11.0.